The standard InChI is InChI=1S/C11H11Cl2N3S/c1-2-6-16-10(14-15-11(16)17)7-4-3-5-8(12)9(7)13/h3-5H,2,6H2,1H3,(H,15,17). The van der Waals surface area contributed by atoms with Gasteiger partial charge < -0.3 is 4.57 Å². The summed E-state index contributed by atoms with van der Waals surface area (Å²) in [4.78, 5) is 0. The second-order valence-corrected chi connectivity index (χ2v) is 4.78. The topological polar surface area (TPSA) is 33.6 Å². The van der Waals surface area contributed by atoms with Crippen molar-refractivity contribution >= 4 is 35.4 Å². The van der Waals surface area contributed by atoms with Gasteiger partial charge in [0.25, 0.3) is 0 Å². The predicted octanol–water partition coefficient (Wildman–Crippen LogP) is 4.32. The molecule has 0 spiro atoms. The first-order chi connectivity index (χ1) is 8.15. The van der Waals surface area contributed by atoms with Gasteiger partial charge in [-0.25, -0.2) is 0 Å². The maximum Gasteiger partial charge on any atom is 0.195 e. The number of nitrogens with zero attached hydrogens (tertiary/aromatic N) is 2. The number of aromatic nitrogens is 3. The molecule has 1 aromatic carbocycles. The van der Waals surface area contributed by atoms with Crippen LogP contribution in [0.1, 0.15) is 13.3 Å². The van der Waals surface area contributed by atoms with Crippen LogP contribution in [0.25, 0.3) is 11.4 Å². The van der Waals surface area contributed by atoms with Crippen LogP contribution in [-0.4, -0.2) is 14.8 Å². The first-order valence-electron chi connectivity index (χ1n) is 5.24. The van der Waals surface area contributed by atoms with Gasteiger partial charge in [-0.2, -0.15) is 5.10 Å². The summed E-state index contributed by atoms with van der Waals surface area (Å²) in [7, 11) is 0. The molecule has 0 amide bonds. The third-order valence-corrected chi connectivity index (χ3v) is 3.53. The normalized spacial score (nSPS) is 10.8. The molecule has 0 aliphatic carbocycles. The summed E-state index contributed by atoms with van der Waals surface area (Å²) >= 11 is 17.4. The van der Waals surface area contributed by atoms with Crippen LogP contribution >= 0.6 is 35.4 Å². The van der Waals surface area contributed by atoms with Crippen molar-refractivity contribution in [1.82, 2.24) is 14.8 Å². The minimum absolute atomic E-state index is 0.500. The number of benzene rings is 1. The van der Waals surface area contributed by atoms with Crippen molar-refractivity contribution in [3.05, 3.63) is 33.0 Å². The van der Waals surface area contributed by atoms with E-state index in [2.05, 4.69) is 17.1 Å². The summed E-state index contributed by atoms with van der Waals surface area (Å²) in [6.45, 7) is 2.88. The number of rotatable bonds is 3. The molecule has 2 aromatic rings. The lowest BCUT2D eigenvalue weighted by atomic mass is 10.2. The highest BCUT2D eigenvalue weighted by Gasteiger charge is 2.13. The van der Waals surface area contributed by atoms with E-state index in [-0.39, 0.29) is 0 Å². The molecule has 0 radical (unpaired) electrons. The second kappa shape index (κ2) is 5.21. The number of H-pyrrole nitrogens is 1. The van der Waals surface area contributed by atoms with Gasteiger partial charge in [-0.05, 0) is 30.8 Å². The fourth-order valence-electron chi connectivity index (χ4n) is 1.63. The summed E-state index contributed by atoms with van der Waals surface area (Å²) in [5.41, 5.74) is 0.792. The van der Waals surface area contributed by atoms with E-state index in [9.17, 15) is 0 Å². The Bertz CT molecular complexity index is 589. The average molecular weight is 288 g/mol. The lowest BCUT2D eigenvalue weighted by Gasteiger charge is -2.07. The molecule has 0 atom stereocenters. The molecule has 6 heteroatoms. The Morgan fingerprint density at radius 2 is 2.18 bits per heavy atom. The molecule has 90 valence electrons. The zero-order chi connectivity index (χ0) is 12.4. The van der Waals surface area contributed by atoms with Crippen molar-refractivity contribution in [3.8, 4) is 11.4 Å². The lowest BCUT2D eigenvalue weighted by molar-refractivity contribution is 0.675. The SMILES string of the molecule is CCCn1c(-c2cccc(Cl)c2Cl)n[nH]c1=S. The van der Waals surface area contributed by atoms with Crippen molar-refractivity contribution in [3.63, 3.8) is 0 Å². The van der Waals surface area contributed by atoms with Gasteiger partial charge >= 0.3 is 0 Å². The number of hydrogen-bond acceptors (Lipinski definition) is 2. The van der Waals surface area contributed by atoms with E-state index in [4.69, 9.17) is 35.4 Å². The van der Waals surface area contributed by atoms with Crippen molar-refractivity contribution in [2.45, 2.75) is 19.9 Å². The van der Waals surface area contributed by atoms with Crippen molar-refractivity contribution in [1.29, 1.82) is 0 Å². The fraction of sp³-hybridized carbons (Fsp3) is 0.273. The number of nitrogens with one attached hydrogen (secondary N) is 1. The van der Waals surface area contributed by atoms with Crippen LogP contribution in [0.2, 0.25) is 10.0 Å². The first kappa shape index (κ1) is 12.6. The highest BCUT2D eigenvalue weighted by molar-refractivity contribution is 7.71. The summed E-state index contributed by atoms with van der Waals surface area (Å²) in [6.07, 6.45) is 0.971. The average Bonchev–Trinajstić information content (AvgIpc) is 2.66. The third kappa shape index (κ3) is 2.39. The molecule has 0 saturated heterocycles. The summed E-state index contributed by atoms with van der Waals surface area (Å²) < 4.78 is 2.52. The number of aromatic amines is 1. The Morgan fingerprint density at radius 1 is 1.41 bits per heavy atom. The highest BCUT2D eigenvalue weighted by Crippen LogP contribution is 2.32. The molecule has 3 nitrogen and oxygen atoms in total. The van der Waals surface area contributed by atoms with Crippen LogP contribution in [-0.2, 0) is 6.54 Å². The molecule has 1 aromatic heterocycles. The van der Waals surface area contributed by atoms with Crippen molar-refractivity contribution < 1.29 is 0 Å². The predicted molar refractivity (Wildman–Crippen MR) is 73.2 cm³/mol. The van der Waals surface area contributed by atoms with E-state index in [0.29, 0.717) is 14.8 Å². The zero-order valence-electron chi connectivity index (χ0n) is 9.20. The van der Waals surface area contributed by atoms with E-state index in [1.807, 2.05) is 16.7 Å². The molecule has 1 N–H and O–H groups in total. The van der Waals surface area contributed by atoms with E-state index in [0.717, 1.165) is 24.4 Å². The number of halogens is 2. The molecule has 17 heavy (non-hydrogen) atoms. The molecule has 0 bridgehead atoms. The van der Waals surface area contributed by atoms with Gasteiger partial charge in [0.05, 0.1) is 10.0 Å². The van der Waals surface area contributed by atoms with Gasteiger partial charge in [-0.3, -0.25) is 5.10 Å². The van der Waals surface area contributed by atoms with Crippen molar-refractivity contribution in [2.24, 2.45) is 0 Å². The van der Waals surface area contributed by atoms with Crippen LogP contribution in [0, 0.1) is 4.77 Å². The minimum atomic E-state index is 0.500. The highest BCUT2D eigenvalue weighted by atomic mass is 35.5. The first-order valence-corrected chi connectivity index (χ1v) is 6.41. The quantitative estimate of drug-likeness (QED) is 0.853. The van der Waals surface area contributed by atoms with E-state index >= 15 is 0 Å². The Hall–Kier alpha value is -0.840. The molecule has 0 aliphatic heterocycles. The molecular formula is C11H11Cl2N3S. The minimum Gasteiger partial charge on any atom is -0.300 e. The van der Waals surface area contributed by atoms with Crippen LogP contribution < -0.4 is 0 Å². The van der Waals surface area contributed by atoms with Gasteiger partial charge in [0.1, 0.15) is 0 Å². The van der Waals surface area contributed by atoms with Gasteiger partial charge in [0.15, 0.2) is 10.6 Å². The maximum absolute atomic E-state index is 6.18. The van der Waals surface area contributed by atoms with Crippen LogP contribution in [0.3, 0.4) is 0 Å². The number of hydrogen-bond donors (Lipinski definition) is 1. The second-order valence-electron chi connectivity index (χ2n) is 3.61. The van der Waals surface area contributed by atoms with E-state index < -0.39 is 0 Å². The maximum atomic E-state index is 6.18. The molecule has 0 fully saturated rings. The Labute approximate surface area is 114 Å². The van der Waals surface area contributed by atoms with Gasteiger partial charge in [-0.15, -0.1) is 0 Å². The van der Waals surface area contributed by atoms with Crippen LogP contribution in [0.15, 0.2) is 18.2 Å². The molecule has 1 heterocycles. The largest absolute Gasteiger partial charge is 0.300 e. The van der Waals surface area contributed by atoms with Gasteiger partial charge in [0, 0.05) is 12.1 Å². The smallest absolute Gasteiger partial charge is 0.195 e. The zero-order valence-corrected chi connectivity index (χ0v) is 11.5. The van der Waals surface area contributed by atoms with Gasteiger partial charge in [-0.1, -0.05) is 36.2 Å². The molecule has 0 saturated carbocycles. The Balaban J connectivity index is 2.60. The third-order valence-electron chi connectivity index (χ3n) is 2.40. The monoisotopic (exact) mass is 287 g/mol. The van der Waals surface area contributed by atoms with E-state index in [1.165, 1.54) is 0 Å². The Kier molecular flexibility index (Phi) is 3.86. The molecule has 2 rings (SSSR count). The molecular weight excluding hydrogens is 277 g/mol. The van der Waals surface area contributed by atoms with Crippen LogP contribution in [0.5, 0.6) is 0 Å². The fourth-order valence-corrected chi connectivity index (χ4v) is 2.24. The van der Waals surface area contributed by atoms with Crippen LogP contribution in [0.4, 0.5) is 0 Å². The Morgan fingerprint density at radius 3 is 2.88 bits per heavy atom. The summed E-state index contributed by atoms with van der Waals surface area (Å²) in [5.74, 6) is 0.726. The molecule has 0 aliphatic rings. The summed E-state index contributed by atoms with van der Waals surface area (Å²) in [5, 5.41) is 8.01. The van der Waals surface area contributed by atoms with Gasteiger partial charge in [0.2, 0.25) is 0 Å². The van der Waals surface area contributed by atoms with Crippen molar-refractivity contribution in [2.75, 3.05) is 0 Å². The van der Waals surface area contributed by atoms with E-state index in [1.54, 1.807) is 6.07 Å². The summed E-state index contributed by atoms with van der Waals surface area (Å²) in [6, 6.07) is 5.47. The molecule has 0 unspecified atom stereocenters. The lowest BCUT2D eigenvalue weighted by Crippen LogP contribution is -2.00.